The lowest BCUT2D eigenvalue weighted by atomic mass is 10.3. The van der Waals surface area contributed by atoms with Gasteiger partial charge in [0.1, 0.15) is 11.4 Å². The summed E-state index contributed by atoms with van der Waals surface area (Å²) in [4.78, 5) is 32.4. The molecule has 7 nitrogen and oxygen atoms in total. The molecule has 2 aromatic rings. The first-order valence-corrected chi connectivity index (χ1v) is 9.23. The third-order valence-corrected chi connectivity index (χ3v) is 4.77. The highest BCUT2D eigenvalue weighted by Gasteiger charge is 2.21. The van der Waals surface area contributed by atoms with Gasteiger partial charge in [-0.15, -0.1) is 0 Å². The number of esters is 1. The van der Waals surface area contributed by atoms with Gasteiger partial charge in [-0.05, 0) is 31.5 Å². The molecule has 138 valence electrons. The Labute approximate surface area is 160 Å². The van der Waals surface area contributed by atoms with Crippen LogP contribution in [0.1, 0.15) is 30.6 Å². The van der Waals surface area contributed by atoms with E-state index in [0.717, 1.165) is 0 Å². The Morgan fingerprint density at radius 2 is 2.15 bits per heavy atom. The molecule has 2 rings (SSSR count). The molecular weight excluding hydrogens is 376 g/mol. The van der Waals surface area contributed by atoms with Crippen molar-refractivity contribution >= 4 is 46.7 Å². The first-order valence-electron chi connectivity index (χ1n) is 7.97. The molecule has 1 aromatic heterocycles. The average Bonchev–Trinajstić information content (AvgIpc) is 2.59. The summed E-state index contributed by atoms with van der Waals surface area (Å²) in [6, 6.07) is 6.90. The van der Waals surface area contributed by atoms with Gasteiger partial charge in [0.2, 0.25) is 5.91 Å². The summed E-state index contributed by atoms with van der Waals surface area (Å²) in [5.41, 5.74) is 6.52. The smallest absolute Gasteiger partial charge is 0.343 e. The number of nitrogens with zero attached hydrogens (tertiary/aromatic N) is 2. The average molecular weight is 395 g/mol. The summed E-state index contributed by atoms with van der Waals surface area (Å²) in [5.74, 6) is -0.755. The van der Waals surface area contributed by atoms with Gasteiger partial charge in [-0.1, -0.05) is 36.4 Å². The number of hydrogen-bond donors (Lipinski definition) is 2. The normalized spacial score (nSPS) is 11.7. The fourth-order valence-electron chi connectivity index (χ4n) is 2.04. The molecule has 9 heteroatoms. The predicted molar refractivity (Wildman–Crippen MR) is 102 cm³/mol. The maximum atomic E-state index is 12.5. The zero-order valence-electron chi connectivity index (χ0n) is 14.4. The minimum absolute atomic E-state index is 0.0195. The SMILES string of the molecule is CCOC(=O)c1cnc(S[C@H](CC)C(=O)Nc2cccc(Cl)c2)nc1N. The van der Waals surface area contributed by atoms with Gasteiger partial charge in [0.05, 0.1) is 11.9 Å². The van der Waals surface area contributed by atoms with Crippen LogP contribution >= 0.6 is 23.4 Å². The number of thioether (sulfide) groups is 1. The lowest BCUT2D eigenvalue weighted by Crippen LogP contribution is -2.25. The summed E-state index contributed by atoms with van der Waals surface area (Å²) in [6.45, 7) is 3.81. The number of nitrogen functional groups attached to an aromatic ring is 1. The van der Waals surface area contributed by atoms with Gasteiger partial charge in [-0.3, -0.25) is 4.79 Å². The number of carbonyl (C=O) groups excluding carboxylic acids is 2. The van der Waals surface area contributed by atoms with Crippen LogP contribution in [0.2, 0.25) is 5.02 Å². The van der Waals surface area contributed by atoms with Crippen molar-refractivity contribution in [3.8, 4) is 0 Å². The molecule has 0 aliphatic carbocycles. The van der Waals surface area contributed by atoms with Crippen molar-refractivity contribution in [2.45, 2.75) is 30.7 Å². The van der Waals surface area contributed by atoms with Gasteiger partial charge in [0.25, 0.3) is 0 Å². The Bertz CT molecular complexity index is 803. The molecule has 0 unspecified atom stereocenters. The third-order valence-electron chi connectivity index (χ3n) is 3.29. The second kappa shape index (κ2) is 9.40. The van der Waals surface area contributed by atoms with Crippen molar-refractivity contribution in [3.05, 3.63) is 41.0 Å². The van der Waals surface area contributed by atoms with E-state index in [-0.39, 0.29) is 23.9 Å². The molecule has 1 heterocycles. The largest absolute Gasteiger partial charge is 0.462 e. The van der Waals surface area contributed by atoms with Gasteiger partial charge in [-0.2, -0.15) is 0 Å². The number of anilines is 2. The number of nitrogens with one attached hydrogen (secondary N) is 1. The van der Waals surface area contributed by atoms with Crippen LogP contribution in [0.3, 0.4) is 0 Å². The number of rotatable bonds is 7. The Morgan fingerprint density at radius 1 is 1.38 bits per heavy atom. The van der Waals surface area contributed by atoms with Crippen molar-refractivity contribution < 1.29 is 14.3 Å². The Hall–Kier alpha value is -2.32. The number of hydrogen-bond acceptors (Lipinski definition) is 7. The molecule has 0 fully saturated rings. The Balaban J connectivity index is 2.08. The number of halogens is 1. The maximum absolute atomic E-state index is 12.5. The summed E-state index contributed by atoms with van der Waals surface area (Å²) in [5, 5.41) is 3.23. The second-order valence-electron chi connectivity index (χ2n) is 5.19. The lowest BCUT2D eigenvalue weighted by Gasteiger charge is -2.14. The highest BCUT2D eigenvalue weighted by atomic mass is 35.5. The number of nitrogens with two attached hydrogens (primary N) is 1. The molecule has 0 saturated heterocycles. The van der Waals surface area contributed by atoms with Crippen molar-refractivity contribution in [2.75, 3.05) is 17.7 Å². The minimum atomic E-state index is -0.577. The van der Waals surface area contributed by atoms with Crippen LogP contribution in [0, 0.1) is 0 Å². The molecule has 3 N–H and O–H groups in total. The number of ether oxygens (including phenoxy) is 1. The summed E-state index contributed by atoms with van der Waals surface area (Å²) in [6.07, 6.45) is 1.87. The van der Waals surface area contributed by atoms with Crippen LogP contribution in [0.5, 0.6) is 0 Å². The summed E-state index contributed by atoms with van der Waals surface area (Å²) >= 11 is 7.09. The number of benzene rings is 1. The predicted octanol–water partition coefficient (Wildman–Crippen LogP) is 3.40. The van der Waals surface area contributed by atoms with E-state index < -0.39 is 11.2 Å². The molecule has 0 radical (unpaired) electrons. The van der Waals surface area contributed by atoms with Crippen molar-refractivity contribution in [2.24, 2.45) is 0 Å². The zero-order chi connectivity index (χ0) is 19.1. The van der Waals surface area contributed by atoms with Gasteiger partial charge in [-0.25, -0.2) is 14.8 Å². The molecule has 0 saturated carbocycles. The van der Waals surface area contributed by atoms with Crippen LogP contribution in [-0.4, -0.2) is 33.7 Å². The van der Waals surface area contributed by atoms with E-state index in [1.807, 2.05) is 6.92 Å². The molecule has 0 spiro atoms. The number of carbonyl (C=O) groups is 2. The first kappa shape index (κ1) is 20.0. The molecule has 26 heavy (non-hydrogen) atoms. The topological polar surface area (TPSA) is 107 Å². The van der Waals surface area contributed by atoms with E-state index in [1.54, 1.807) is 31.2 Å². The van der Waals surface area contributed by atoms with Gasteiger partial charge >= 0.3 is 5.97 Å². The van der Waals surface area contributed by atoms with Crippen LogP contribution in [0.15, 0.2) is 35.6 Å². The first-order chi connectivity index (χ1) is 12.4. The molecule has 0 aliphatic heterocycles. The molecule has 1 aromatic carbocycles. The van der Waals surface area contributed by atoms with Crippen LogP contribution < -0.4 is 11.1 Å². The molecule has 0 bridgehead atoms. The van der Waals surface area contributed by atoms with Gasteiger partial charge < -0.3 is 15.8 Å². The fourth-order valence-corrected chi connectivity index (χ4v) is 3.08. The van der Waals surface area contributed by atoms with Crippen LogP contribution in [0.25, 0.3) is 0 Å². The second-order valence-corrected chi connectivity index (χ2v) is 6.79. The summed E-state index contributed by atoms with van der Waals surface area (Å²) in [7, 11) is 0. The van der Waals surface area contributed by atoms with Crippen molar-refractivity contribution in [1.29, 1.82) is 0 Å². The van der Waals surface area contributed by atoms with E-state index in [2.05, 4.69) is 15.3 Å². The molecule has 1 atom stereocenters. The Morgan fingerprint density at radius 3 is 2.77 bits per heavy atom. The molecule has 1 amide bonds. The fraction of sp³-hybridized carbons (Fsp3) is 0.294. The monoisotopic (exact) mass is 394 g/mol. The van der Waals surface area contributed by atoms with E-state index in [0.29, 0.717) is 22.3 Å². The quantitative estimate of drug-likeness (QED) is 0.421. The molecular formula is C17H19ClN4O3S. The van der Waals surface area contributed by atoms with Crippen molar-refractivity contribution in [1.82, 2.24) is 9.97 Å². The maximum Gasteiger partial charge on any atom is 0.343 e. The van der Waals surface area contributed by atoms with Crippen LogP contribution in [0.4, 0.5) is 11.5 Å². The third kappa shape index (κ3) is 5.34. The number of aromatic nitrogens is 2. The summed E-state index contributed by atoms with van der Waals surface area (Å²) < 4.78 is 4.88. The minimum Gasteiger partial charge on any atom is -0.462 e. The molecule has 0 aliphatic rings. The van der Waals surface area contributed by atoms with Crippen LogP contribution in [-0.2, 0) is 9.53 Å². The lowest BCUT2D eigenvalue weighted by molar-refractivity contribution is -0.115. The van der Waals surface area contributed by atoms with Gasteiger partial charge in [0, 0.05) is 16.9 Å². The standard InChI is InChI=1S/C17H19ClN4O3S/c1-3-13(15(23)21-11-7-5-6-10(18)8-11)26-17-20-9-12(14(19)22-17)16(24)25-4-2/h5-9,13H,3-4H2,1-2H3,(H,21,23)(H2,19,20,22)/t13-/m1/s1. The number of amides is 1. The van der Waals surface area contributed by atoms with E-state index in [9.17, 15) is 9.59 Å². The Kier molecular flexibility index (Phi) is 7.23. The van der Waals surface area contributed by atoms with Crippen molar-refractivity contribution in [3.63, 3.8) is 0 Å². The van der Waals surface area contributed by atoms with Gasteiger partial charge in [0.15, 0.2) is 5.16 Å². The zero-order valence-corrected chi connectivity index (χ0v) is 15.9. The highest BCUT2D eigenvalue weighted by Crippen LogP contribution is 2.25. The van der Waals surface area contributed by atoms with E-state index in [1.165, 1.54) is 18.0 Å². The highest BCUT2D eigenvalue weighted by molar-refractivity contribution is 8.00. The van der Waals surface area contributed by atoms with E-state index >= 15 is 0 Å². The van der Waals surface area contributed by atoms with E-state index in [4.69, 9.17) is 22.1 Å².